The molecule has 6 nitrogen and oxygen atoms in total. The number of carbonyl (C=O) groups excluding carboxylic acids is 1. The van der Waals surface area contributed by atoms with E-state index in [1.54, 1.807) is 7.05 Å². The Morgan fingerprint density at radius 2 is 2.32 bits per heavy atom. The van der Waals surface area contributed by atoms with Crippen LogP contribution in [0.25, 0.3) is 0 Å². The minimum atomic E-state index is -0.687. The van der Waals surface area contributed by atoms with Crippen LogP contribution >= 0.6 is 0 Å². The highest BCUT2D eigenvalue weighted by molar-refractivity contribution is 6.06. The molecule has 1 aromatic heterocycles. The lowest BCUT2D eigenvalue weighted by Gasteiger charge is -2.07. The molecular weight excluding hydrogens is 249 g/mol. The Morgan fingerprint density at radius 3 is 2.84 bits per heavy atom. The number of aryl methyl sites for hydroxylation is 1. The number of nitrogen functional groups attached to an aromatic ring is 1. The zero-order chi connectivity index (χ0) is 14.0. The van der Waals surface area contributed by atoms with E-state index in [0.29, 0.717) is 0 Å². The topological polar surface area (TPSA) is 96.7 Å². The number of rotatable bonds is 2. The fourth-order valence-corrected chi connectivity index (χ4v) is 1.60. The Balaban J connectivity index is 2.28. The van der Waals surface area contributed by atoms with Crippen LogP contribution in [-0.2, 0) is 7.05 Å². The van der Waals surface area contributed by atoms with Gasteiger partial charge in [-0.25, -0.2) is 4.39 Å². The summed E-state index contributed by atoms with van der Waals surface area (Å²) in [6.07, 6.45) is 1.34. The second-order valence-electron chi connectivity index (χ2n) is 3.83. The molecule has 2 rings (SSSR count). The van der Waals surface area contributed by atoms with Gasteiger partial charge in [0.1, 0.15) is 11.5 Å². The molecule has 1 heterocycles. The van der Waals surface area contributed by atoms with Gasteiger partial charge < -0.3 is 11.1 Å². The molecule has 0 atom stereocenters. The molecule has 0 radical (unpaired) electrons. The van der Waals surface area contributed by atoms with Crippen LogP contribution < -0.4 is 11.1 Å². The summed E-state index contributed by atoms with van der Waals surface area (Å²) in [5.74, 6) is -1.26. The van der Waals surface area contributed by atoms with Gasteiger partial charge in [0.2, 0.25) is 0 Å². The summed E-state index contributed by atoms with van der Waals surface area (Å²) in [4.78, 5) is 11.9. The quantitative estimate of drug-likeness (QED) is 0.848. The van der Waals surface area contributed by atoms with Gasteiger partial charge in [0, 0.05) is 7.05 Å². The first-order chi connectivity index (χ1) is 9.02. The van der Waals surface area contributed by atoms with Crippen molar-refractivity contribution in [3.05, 3.63) is 41.5 Å². The van der Waals surface area contributed by atoms with E-state index in [4.69, 9.17) is 11.0 Å². The number of aromatic nitrogens is 2. The predicted octanol–water partition coefficient (Wildman–Crippen LogP) is 1.27. The zero-order valence-corrected chi connectivity index (χ0v) is 10.0. The van der Waals surface area contributed by atoms with Gasteiger partial charge in [0.25, 0.3) is 5.91 Å². The third-order valence-electron chi connectivity index (χ3n) is 2.53. The Bertz CT molecular complexity index is 666. The standard InChI is InChI=1S/C12H10FN5O/c1-18-11(9(15)6-16-18)12(19)17-10-3-2-7(5-14)4-8(10)13/h2-4,6H,15H2,1H3,(H,17,19). The molecule has 0 saturated heterocycles. The van der Waals surface area contributed by atoms with Gasteiger partial charge in [-0.1, -0.05) is 0 Å². The van der Waals surface area contributed by atoms with E-state index in [1.165, 1.54) is 23.0 Å². The van der Waals surface area contributed by atoms with Crippen LogP contribution in [0.3, 0.4) is 0 Å². The van der Waals surface area contributed by atoms with Crippen molar-refractivity contribution in [1.82, 2.24) is 9.78 Å². The van der Waals surface area contributed by atoms with E-state index in [0.717, 1.165) is 6.07 Å². The smallest absolute Gasteiger partial charge is 0.276 e. The molecule has 96 valence electrons. The predicted molar refractivity (Wildman–Crippen MR) is 66.7 cm³/mol. The highest BCUT2D eigenvalue weighted by Crippen LogP contribution is 2.18. The van der Waals surface area contributed by atoms with Crippen LogP contribution in [0.15, 0.2) is 24.4 Å². The lowest BCUT2D eigenvalue weighted by Crippen LogP contribution is -2.18. The summed E-state index contributed by atoms with van der Waals surface area (Å²) in [6, 6.07) is 5.58. The molecule has 0 unspecified atom stereocenters. The molecule has 0 fully saturated rings. The number of nitrogens with zero attached hydrogens (tertiary/aromatic N) is 3. The molecule has 3 N–H and O–H groups in total. The largest absolute Gasteiger partial charge is 0.396 e. The fourth-order valence-electron chi connectivity index (χ4n) is 1.60. The maximum atomic E-state index is 13.6. The van der Waals surface area contributed by atoms with E-state index in [-0.39, 0.29) is 22.6 Å². The minimum Gasteiger partial charge on any atom is -0.396 e. The third-order valence-corrected chi connectivity index (χ3v) is 2.53. The number of nitrogens with two attached hydrogens (primary N) is 1. The monoisotopic (exact) mass is 259 g/mol. The van der Waals surface area contributed by atoms with Crippen LogP contribution in [0, 0.1) is 17.1 Å². The van der Waals surface area contributed by atoms with Crippen molar-refractivity contribution < 1.29 is 9.18 Å². The lowest BCUT2D eigenvalue weighted by molar-refractivity contribution is 0.101. The highest BCUT2D eigenvalue weighted by atomic mass is 19.1. The fraction of sp³-hybridized carbons (Fsp3) is 0.0833. The molecule has 19 heavy (non-hydrogen) atoms. The Morgan fingerprint density at radius 1 is 1.58 bits per heavy atom. The molecule has 1 amide bonds. The first-order valence-corrected chi connectivity index (χ1v) is 5.31. The van der Waals surface area contributed by atoms with Crippen molar-refractivity contribution in [3.63, 3.8) is 0 Å². The van der Waals surface area contributed by atoms with Gasteiger partial charge in [-0.2, -0.15) is 10.4 Å². The van der Waals surface area contributed by atoms with E-state index in [2.05, 4.69) is 10.4 Å². The van der Waals surface area contributed by atoms with Crippen LogP contribution in [0.1, 0.15) is 16.1 Å². The number of halogens is 1. The van der Waals surface area contributed by atoms with Crippen LogP contribution in [0.2, 0.25) is 0 Å². The highest BCUT2D eigenvalue weighted by Gasteiger charge is 2.16. The Hall–Kier alpha value is -2.88. The first kappa shape index (κ1) is 12.6. The summed E-state index contributed by atoms with van der Waals surface area (Å²) in [7, 11) is 1.56. The van der Waals surface area contributed by atoms with Crippen LogP contribution in [-0.4, -0.2) is 15.7 Å². The normalized spacial score (nSPS) is 9.95. The molecule has 0 aliphatic carbocycles. The average molecular weight is 259 g/mol. The SMILES string of the molecule is Cn1ncc(N)c1C(=O)Nc1ccc(C#N)cc1F. The molecule has 0 aliphatic heterocycles. The minimum absolute atomic E-state index is 0.0235. The van der Waals surface area contributed by atoms with E-state index < -0.39 is 11.7 Å². The van der Waals surface area contributed by atoms with Crippen LogP contribution in [0.5, 0.6) is 0 Å². The van der Waals surface area contributed by atoms with Crippen molar-refractivity contribution in [3.8, 4) is 6.07 Å². The number of carbonyl (C=O) groups is 1. The summed E-state index contributed by atoms with van der Waals surface area (Å²) in [6.45, 7) is 0. The van der Waals surface area contributed by atoms with Crippen LogP contribution in [0.4, 0.5) is 15.8 Å². The second-order valence-corrected chi connectivity index (χ2v) is 3.83. The maximum Gasteiger partial charge on any atom is 0.276 e. The number of benzene rings is 1. The lowest BCUT2D eigenvalue weighted by atomic mass is 10.2. The average Bonchev–Trinajstić information content (AvgIpc) is 2.71. The maximum absolute atomic E-state index is 13.6. The molecule has 2 aromatic rings. The van der Waals surface area contributed by atoms with Crippen molar-refractivity contribution in [2.45, 2.75) is 0 Å². The van der Waals surface area contributed by atoms with Gasteiger partial charge >= 0.3 is 0 Å². The molecule has 0 spiro atoms. The Labute approximate surface area is 108 Å². The third kappa shape index (κ3) is 2.37. The molecule has 0 saturated carbocycles. The summed E-state index contributed by atoms with van der Waals surface area (Å²) < 4.78 is 14.9. The number of nitrogens with one attached hydrogen (secondary N) is 1. The van der Waals surface area contributed by atoms with Gasteiger partial charge in [0.05, 0.1) is 29.2 Å². The van der Waals surface area contributed by atoms with Crippen molar-refractivity contribution in [2.24, 2.45) is 7.05 Å². The molecule has 0 aliphatic rings. The zero-order valence-electron chi connectivity index (χ0n) is 10.0. The number of anilines is 2. The van der Waals surface area contributed by atoms with Crippen molar-refractivity contribution >= 4 is 17.3 Å². The summed E-state index contributed by atoms with van der Waals surface area (Å²) in [5, 5.41) is 14.8. The van der Waals surface area contributed by atoms with Gasteiger partial charge in [-0.3, -0.25) is 9.48 Å². The summed E-state index contributed by atoms with van der Waals surface area (Å²) >= 11 is 0. The Kier molecular flexibility index (Phi) is 3.16. The second kappa shape index (κ2) is 4.78. The van der Waals surface area contributed by atoms with E-state index in [1.807, 2.05) is 6.07 Å². The molecule has 0 bridgehead atoms. The van der Waals surface area contributed by atoms with E-state index in [9.17, 15) is 9.18 Å². The number of hydrogen-bond acceptors (Lipinski definition) is 4. The van der Waals surface area contributed by atoms with Gasteiger partial charge in [-0.15, -0.1) is 0 Å². The number of amides is 1. The van der Waals surface area contributed by atoms with Gasteiger partial charge in [0.15, 0.2) is 0 Å². The number of nitriles is 1. The molecule has 7 heteroatoms. The first-order valence-electron chi connectivity index (χ1n) is 5.31. The van der Waals surface area contributed by atoms with Crippen molar-refractivity contribution in [1.29, 1.82) is 5.26 Å². The van der Waals surface area contributed by atoms with Crippen molar-refractivity contribution in [2.75, 3.05) is 11.1 Å². The number of hydrogen-bond donors (Lipinski definition) is 2. The summed E-state index contributed by atoms with van der Waals surface area (Å²) in [5.41, 5.74) is 6.10. The van der Waals surface area contributed by atoms with Gasteiger partial charge in [-0.05, 0) is 18.2 Å². The molecular formula is C12H10FN5O. The molecule has 1 aromatic carbocycles. The van der Waals surface area contributed by atoms with E-state index >= 15 is 0 Å².